The molecule has 1 saturated heterocycles. The molecule has 1 aliphatic carbocycles. The maximum Gasteiger partial charge on any atom is 0.239 e. The number of nitrogens with two attached hydrogens (primary N) is 1. The summed E-state index contributed by atoms with van der Waals surface area (Å²) in [4.78, 5) is 6.74. The van der Waals surface area contributed by atoms with Crippen molar-refractivity contribution in [1.29, 1.82) is 0 Å². The van der Waals surface area contributed by atoms with E-state index in [1.165, 1.54) is 19.3 Å². The van der Waals surface area contributed by atoms with E-state index in [0.29, 0.717) is 24.1 Å². The van der Waals surface area contributed by atoms with E-state index in [1.807, 2.05) is 12.1 Å². The monoisotopic (exact) mass is 277 g/mol. The minimum Gasteiger partial charge on any atom is -0.476 e. The van der Waals surface area contributed by atoms with Crippen molar-refractivity contribution in [3.63, 3.8) is 0 Å². The quantitative estimate of drug-likeness (QED) is 0.858. The summed E-state index contributed by atoms with van der Waals surface area (Å²) >= 11 is 0. The van der Waals surface area contributed by atoms with Crippen LogP contribution in [0.4, 0.5) is 11.5 Å². The average molecular weight is 277 g/mol. The highest BCUT2D eigenvalue weighted by atomic mass is 16.5. The van der Waals surface area contributed by atoms with E-state index in [2.05, 4.69) is 9.88 Å². The van der Waals surface area contributed by atoms with Gasteiger partial charge in [0.1, 0.15) is 5.82 Å². The zero-order chi connectivity index (χ0) is 13.9. The first-order valence-electron chi connectivity index (χ1n) is 7.54. The van der Waals surface area contributed by atoms with Gasteiger partial charge in [-0.1, -0.05) is 0 Å². The van der Waals surface area contributed by atoms with E-state index < -0.39 is 0 Å². The van der Waals surface area contributed by atoms with Crippen molar-refractivity contribution in [2.24, 2.45) is 5.92 Å². The van der Waals surface area contributed by atoms with Gasteiger partial charge in [-0.3, -0.25) is 0 Å². The standard InChI is InChI=1S/C15H23N3O2/c16-13-6-7-14(17-15(13)20-10-11-4-5-11)18-8-2-1-3-12(18)9-19/h6-7,11-12,19H,1-5,8-10,16H2. The van der Waals surface area contributed by atoms with Crippen LogP contribution in [0.5, 0.6) is 5.88 Å². The summed E-state index contributed by atoms with van der Waals surface area (Å²) in [6.45, 7) is 1.82. The third-order valence-corrected chi connectivity index (χ3v) is 4.16. The number of ether oxygens (including phenoxy) is 1. The van der Waals surface area contributed by atoms with E-state index in [-0.39, 0.29) is 12.6 Å². The van der Waals surface area contributed by atoms with Crippen LogP contribution < -0.4 is 15.4 Å². The lowest BCUT2D eigenvalue weighted by atomic mass is 10.0. The fourth-order valence-corrected chi connectivity index (χ4v) is 2.69. The van der Waals surface area contributed by atoms with Gasteiger partial charge in [-0.15, -0.1) is 0 Å². The van der Waals surface area contributed by atoms with Crippen molar-refractivity contribution in [1.82, 2.24) is 4.98 Å². The molecule has 1 aromatic rings. The molecule has 110 valence electrons. The second-order valence-electron chi connectivity index (χ2n) is 5.84. The van der Waals surface area contributed by atoms with E-state index in [1.54, 1.807) is 0 Å². The molecule has 5 nitrogen and oxygen atoms in total. The number of nitrogens with zero attached hydrogens (tertiary/aromatic N) is 2. The Kier molecular flexibility index (Phi) is 3.96. The topological polar surface area (TPSA) is 71.6 Å². The molecule has 3 N–H and O–H groups in total. The number of hydrogen-bond donors (Lipinski definition) is 2. The lowest BCUT2D eigenvalue weighted by molar-refractivity contribution is 0.239. The SMILES string of the molecule is Nc1ccc(N2CCCCC2CO)nc1OCC1CC1. The summed E-state index contributed by atoms with van der Waals surface area (Å²) in [7, 11) is 0. The summed E-state index contributed by atoms with van der Waals surface area (Å²) in [5, 5.41) is 9.51. The van der Waals surface area contributed by atoms with Crippen LogP contribution in [0, 0.1) is 5.92 Å². The fraction of sp³-hybridized carbons (Fsp3) is 0.667. The number of hydrogen-bond acceptors (Lipinski definition) is 5. The average Bonchev–Trinajstić information content (AvgIpc) is 3.30. The number of piperidine rings is 1. The molecular formula is C15H23N3O2. The molecule has 3 rings (SSSR count). The number of anilines is 2. The number of aliphatic hydroxyl groups is 1. The molecule has 0 aromatic carbocycles. The van der Waals surface area contributed by atoms with Gasteiger partial charge in [-0.25, -0.2) is 0 Å². The normalized spacial score (nSPS) is 22.9. The van der Waals surface area contributed by atoms with E-state index in [4.69, 9.17) is 10.5 Å². The second kappa shape index (κ2) is 5.87. The predicted molar refractivity (Wildman–Crippen MR) is 78.9 cm³/mol. The Labute approximate surface area is 119 Å². The summed E-state index contributed by atoms with van der Waals surface area (Å²) in [6, 6.07) is 3.94. The largest absolute Gasteiger partial charge is 0.476 e. The van der Waals surface area contributed by atoms with Gasteiger partial charge >= 0.3 is 0 Å². The van der Waals surface area contributed by atoms with E-state index in [9.17, 15) is 5.11 Å². The maximum absolute atomic E-state index is 9.51. The zero-order valence-corrected chi connectivity index (χ0v) is 11.8. The lowest BCUT2D eigenvalue weighted by Crippen LogP contribution is -2.42. The molecule has 0 radical (unpaired) electrons. The summed E-state index contributed by atoms with van der Waals surface area (Å²) in [5.74, 6) is 2.08. The molecule has 1 aromatic heterocycles. The van der Waals surface area contributed by atoms with Crippen LogP contribution >= 0.6 is 0 Å². The summed E-state index contributed by atoms with van der Waals surface area (Å²) in [5.41, 5.74) is 6.53. The molecule has 1 atom stereocenters. The number of aromatic nitrogens is 1. The number of aliphatic hydroxyl groups excluding tert-OH is 1. The van der Waals surface area contributed by atoms with Crippen molar-refractivity contribution in [3.05, 3.63) is 12.1 Å². The molecule has 1 aliphatic heterocycles. The highest BCUT2D eigenvalue weighted by molar-refractivity contribution is 5.55. The predicted octanol–water partition coefficient (Wildman–Crippen LogP) is 1.80. The Morgan fingerprint density at radius 1 is 1.30 bits per heavy atom. The van der Waals surface area contributed by atoms with Crippen molar-refractivity contribution in [3.8, 4) is 5.88 Å². The van der Waals surface area contributed by atoms with Crippen LogP contribution in [-0.2, 0) is 0 Å². The Balaban J connectivity index is 1.75. The van der Waals surface area contributed by atoms with Gasteiger partial charge in [0.25, 0.3) is 0 Å². The van der Waals surface area contributed by atoms with Gasteiger partial charge in [0, 0.05) is 6.54 Å². The Morgan fingerprint density at radius 3 is 2.90 bits per heavy atom. The Bertz CT molecular complexity index is 462. The third-order valence-electron chi connectivity index (χ3n) is 4.16. The minimum absolute atomic E-state index is 0.163. The lowest BCUT2D eigenvalue weighted by Gasteiger charge is -2.35. The van der Waals surface area contributed by atoms with Crippen molar-refractivity contribution in [2.75, 3.05) is 30.4 Å². The zero-order valence-electron chi connectivity index (χ0n) is 11.8. The van der Waals surface area contributed by atoms with Crippen LogP contribution in [-0.4, -0.2) is 35.9 Å². The van der Waals surface area contributed by atoms with Crippen LogP contribution in [0.2, 0.25) is 0 Å². The minimum atomic E-state index is 0.163. The van der Waals surface area contributed by atoms with Gasteiger partial charge < -0.3 is 20.5 Å². The van der Waals surface area contributed by atoms with Gasteiger partial charge in [0.2, 0.25) is 5.88 Å². The molecule has 1 saturated carbocycles. The molecular weight excluding hydrogens is 254 g/mol. The van der Waals surface area contributed by atoms with Crippen LogP contribution in [0.3, 0.4) is 0 Å². The Hall–Kier alpha value is -1.49. The Morgan fingerprint density at radius 2 is 2.15 bits per heavy atom. The molecule has 0 spiro atoms. The van der Waals surface area contributed by atoms with Crippen LogP contribution in [0.15, 0.2) is 12.1 Å². The van der Waals surface area contributed by atoms with E-state index >= 15 is 0 Å². The summed E-state index contributed by atoms with van der Waals surface area (Å²) < 4.78 is 5.74. The van der Waals surface area contributed by atoms with Gasteiger partial charge in [0.15, 0.2) is 0 Å². The second-order valence-corrected chi connectivity index (χ2v) is 5.84. The molecule has 5 heteroatoms. The third kappa shape index (κ3) is 2.98. The maximum atomic E-state index is 9.51. The number of rotatable bonds is 5. The van der Waals surface area contributed by atoms with Crippen molar-refractivity contribution < 1.29 is 9.84 Å². The first-order valence-corrected chi connectivity index (χ1v) is 7.54. The van der Waals surface area contributed by atoms with Gasteiger partial charge in [-0.05, 0) is 50.2 Å². The molecule has 20 heavy (non-hydrogen) atoms. The molecule has 1 unspecified atom stereocenters. The smallest absolute Gasteiger partial charge is 0.239 e. The van der Waals surface area contributed by atoms with Crippen LogP contribution in [0.1, 0.15) is 32.1 Å². The van der Waals surface area contributed by atoms with Gasteiger partial charge in [0.05, 0.1) is 24.9 Å². The summed E-state index contributed by atoms with van der Waals surface area (Å²) in [6.07, 6.45) is 5.82. The molecule has 2 aliphatic rings. The first-order chi connectivity index (χ1) is 9.78. The van der Waals surface area contributed by atoms with E-state index in [0.717, 1.165) is 25.2 Å². The van der Waals surface area contributed by atoms with Crippen molar-refractivity contribution in [2.45, 2.75) is 38.1 Å². The van der Waals surface area contributed by atoms with Gasteiger partial charge in [-0.2, -0.15) is 4.98 Å². The highest BCUT2D eigenvalue weighted by Crippen LogP contribution is 2.32. The van der Waals surface area contributed by atoms with Crippen molar-refractivity contribution >= 4 is 11.5 Å². The van der Waals surface area contributed by atoms with Crippen LogP contribution in [0.25, 0.3) is 0 Å². The molecule has 2 heterocycles. The molecule has 0 bridgehead atoms. The highest BCUT2D eigenvalue weighted by Gasteiger charge is 2.25. The number of pyridine rings is 1. The fourth-order valence-electron chi connectivity index (χ4n) is 2.69. The number of nitrogen functional groups attached to an aromatic ring is 1. The molecule has 0 amide bonds. The molecule has 2 fully saturated rings. The first kappa shape index (κ1) is 13.5.